The predicted octanol–water partition coefficient (Wildman–Crippen LogP) is 4.20. The van der Waals surface area contributed by atoms with Gasteiger partial charge in [-0.3, -0.25) is 9.59 Å². The van der Waals surface area contributed by atoms with Crippen molar-refractivity contribution < 1.29 is 23.8 Å². The average molecular weight is 409 g/mol. The summed E-state index contributed by atoms with van der Waals surface area (Å²) in [6, 6.07) is 12.6. The molecule has 1 fully saturated rings. The molecule has 1 unspecified atom stereocenters. The van der Waals surface area contributed by atoms with E-state index in [0.29, 0.717) is 30.8 Å². The second-order valence-electron chi connectivity index (χ2n) is 7.09. The molecule has 0 radical (unpaired) electrons. The Labute approximate surface area is 177 Å². The minimum atomic E-state index is -0.190. The third-order valence-corrected chi connectivity index (χ3v) is 5.20. The van der Waals surface area contributed by atoms with Gasteiger partial charge in [-0.05, 0) is 37.5 Å². The van der Waals surface area contributed by atoms with Crippen molar-refractivity contribution >= 4 is 18.3 Å². The topological polar surface area (TPSA) is 65.1 Å². The van der Waals surface area contributed by atoms with E-state index in [0.717, 1.165) is 30.6 Å². The van der Waals surface area contributed by atoms with Crippen LogP contribution in [0.3, 0.4) is 0 Å². The third-order valence-electron chi connectivity index (χ3n) is 5.20. The number of likely N-dealkylation sites (tertiary alicyclic amines) is 1. The fourth-order valence-corrected chi connectivity index (χ4v) is 3.66. The largest absolute Gasteiger partial charge is 0.491 e. The molecule has 2 aromatic rings. The number of carbonyl (C=O) groups is 2. The lowest BCUT2D eigenvalue weighted by atomic mass is 9.99. The smallest absolute Gasteiger partial charge is 0.255 e. The summed E-state index contributed by atoms with van der Waals surface area (Å²) in [4.78, 5) is 26.9. The molecule has 6 nitrogen and oxygen atoms in total. The van der Waals surface area contributed by atoms with E-state index in [1.54, 1.807) is 24.3 Å². The molecule has 0 N–H and O–H groups in total. The van der Waals surface area contributed by atoms with Crippen molar-refractivity contribution in [3.05, 3.63) is 65.7 Å². The first-order valence-corrected chi connectivity index (χ1v) is 10.0. The van der Waals surface area contributed by atoms with Crippen molar-refractivity contribution in [1.82, 2.24) is 4.90 Å². The zero-order valence-electron chi connectivity index (χ0n) is 17.2. The minimum Gasteiger partial charge on any atom is -0.491 e. The van der Waals surface area contributed by atoms with Crippen LogP contribution in [0.15, 0.2) is 49.0 Å². The van der Waals surface area contributed by atoms with E-state index in [-0.39, 0.29) is 24.3 Å². The number of ether oxygens (including phenoxy) is 3. The van der Waals surface area contributed by atoms with E-state index < -0.39 is 0 Å². The number of amides is 1. The number of piperidine rings is 1. The Bertz CT molecular complexity index is 895. The molecule has 30 heavy (non-hydrogen) atoms. The highest BCUT2D eigenvalue weighted by atomic mass is 16.7. The van der Waals surface area contributed by atoms with Crippen LogP contribution in [-0.2, 0) is 4.74 Å². The molecule has 0 aromatic heterocycles. The lowest BCUT2D eigenvalue weighted by molar-refractivity contribution is 0.0486. The number of aldehydes is 1. The molecule has 1 saturated heterocycles. The van der Waals surface area contributed by atoms with Gasteiger partial charge in [-0.15, -0.1) is 0 Å². The highest BCUT2D eigenvalue weighted by Crippen LogP contribution is 2.27. The van der Waals surface area contributed by atoms with Crippen LogP contribution in [0.2, 0.25) is 0 Å². The maximum absolute atomic E-state index is 13.4. The van der Waals surface area contributed by atoms with Gasteiger partial charge >= 0.3 is 0 Å². The number of rotatable bonds is 9. The summed E-state index contributed by atoms with van der Waals surface area (Å²) < 4.78 is 16.4. The molecule has 0 bridgehead atoms. The minimum absolute atomic E-state index is 0.00136. The number of carbonyl (C=O) groups excluding carboxylic acids is 2. The first-order chi connectivity index (χ1) is 14.7. The Morgan fingerprint density at radius 3 is 2.70 bits per heavy atom. The van der Waals surface area contributed by atoms with Crippen LogP contribution in [0.25, 0.3) is 6.08 Å². The molecule has 1 heterocycles. The van der Waals surface area contributed by atoms with Crippen molar-refractivity contribution in [2.45, 2.75) is 25.3 Å². The zero-order valence-corrected chi connectivity index (χ0v) is 17.2. The summed E-state index contributed by atoms with van der Waals surface area (Å²) in [6.07, 6.45) is 5.20. The molecule has 0 aliphatic carbocycles. The van der Waals surface area contributed by atoms with E-state index in [1.165, 1.54) is 7.11 Å². The Hall–Kier alpha value is -3.12. The normalized spacial score (nSPS) is 16.0. The van der Waals surface area contributed by atoms with E-state index in [1.807, 2.05) is 29.2 Å². The number of para-hydroxylation sites is 1. The van der Waals surface area contributed by atoms with Gasteiger partial charge in [-0.1, -0.05) is 36.9 Å². The van der Waals surface area contributed by atoms with Crippen molar-refractivity contribution in [2.24, 2.45) is 0 Å². The van der Waals surface area contributed by atoms with Gasteiger partial charge in [0.15, 0.2) is 13.1 Å². The van der Waals surface area contributed by atoms with Crippen molar-refractivity contribution in [3.63, 3.8) is 0 Å². The Morgan fingerprint density at radius 1 is 1.13 bits per heavy atom. The van der Waals surface area contributed by atoms with Gasteiger partial charge in [-0.25, -0.2) is 0 Å². The molecule has 1 atom stereocenters. The number of methoxy groups -OCH3 is 1. The molecular formula is C24H27NO5. The lowest BCUT2D eigenvalue weighted by Crippen LogP contribution is -2.47. The van der Waals surface area contributed by atoms with E-state index in [4.69, 9.17) is 14.2 Å². The molecule has 0 saturated carbocycles. The molecular weight excluding hydrogens is 382 g/mol. The molecule has 1 amide bonds. The van der Waals surface area contributed by atoms with Crippen molar-refractivity contribution in [1.29, 1.82) is 0 Å². The zero-order chi connectivity index (χ0) is 21.3. The Kier molecular flexibility index (Phi) is 7.63. The van der Waals surface area contributed by atoms with Crippen LogP contribution in [0, 0.1) is 0 Å². The van der Waals surface area contributed by atoms with Gasteiger partial charge in [0.2, 0.25) is 0 Å². The second-order valence-corrected chi connectivity index (χ2v) is 7.09. The average Bonchev–Trinajstić information content (AvgIpc) is 2.80. The first-order valence-electron chi connectivity index (χ1n) is 10.0. The summed E-state index contributed by atoms with van der Waals surface area (Å²) in [5.74, 6) is 0.890. The summed E-state index contributed by atoms with van der Waals surface area (Å²) in [7, 11) is 1.50. The third kappa shape index (κ3) is 4.89. The second kappa shape index (κ2) is 10.6. The first kappa shape index (κ1) is 21.6. The van der Waals surface area contributed by atoms with Crippen LogP contribution in [0.4, 0.5) is 0 Å². The summed E-state index contributed by atoms with van der Waals surface area (Å²) in [6.45, 7) is 4.83. The van der Waals surface area contributed by atoms with E-state index in [2.05, 4.69) is 6.58 Å². The molecule has 2 aromatic carbocycles. The monoisotopic (exact) mass is 409 g/mol. The van der Waals surface area contributed by atoms with Crippen LogP contribution in [-0.4, -0.2) is 50.2 Å². The summed E-state index contributed by atoms with van der Waals surface area (Å²) in [5, 5.41) is 0. The van der Waals surface area contributed by atoms with Gasteiger partial charge < -0.3 is 19.1 Å². The molecule has 1 aliphatic heterocycles. The Morgan fingerprint density at radius 2 is 1.93 bits per heavy atom. The van der Waals surface area contributed by atoms with Crippen LogP contribution >= 0.6 is 0 Å². The van der Waals surface area contributed by atoms with Crippen molar-refractivity contribution in [2.75, 3.05) is 27.1 Å². The van der Waals surface area contributed by atoms with Gasteiger partial charge in [-0.2, -0.15) is 0 Å². The molecule has 1 aliphatic rings. The lowest BCUT2D eigenvalue weighted by Gasteiger charge is -2.36. The maximum atomic E-state index is 13.4. The predicted molar refractivity (Wildman–Crippen MR) is 115 cm³/mol. The standard InChI is InChI=1S/C24H27NO5/c1-3-18-9-4-5-12-22(18)29-16-19-10-6-7-14-25(19)24(27)20-11-8-13-23(21(20)15-26)30-17-28-2/h3-5,8-9,11-13,15,19H,1,6-7,10,14,16-17H2,2H3. The highest BCUT2D eigenvalue weighted by Gasteiger charge is 2.30. The SMILES string of the molecule is C=Cc1ccccc1OCC1CCCCN1C(=O)c1cccc(OCOC)c1C=O. The highest BCUT2D eigenvalue weighted by molar-refractivity contribution is 6.03. The summed E-state index contributed by atoms with van der Waals surface area (Å²) in [5.41, 5.74) is 1.48. The van der Waals surface area contributed by atoms with Gasteiger partial charge in [0.05, 0.1) is 17.2 Å². The van der Waals surface area contributed by atoms with Gasteiger partial charge in [0, 0.05) is 19.2 Å². The number of hydrogen-bond donors (Lipinski definition) is 0. The van der Waals surface area contributed by atoms with E-state index in [9.17, 15) is 9.59 Å². The van der Waals surface area contributed by atoms with Crippen LogP contribution < -0.4 is 9.47 Å². The number of benzene rings is 2. The van der Waals surface area contributed by atoms with Crippen LogP contribution in [0.1, 0.15) is 45.5 Å². The fraction of sp³-hybridized carbons (Fsp3) is 0.333. The fourth-order valence-electron chi connectivity index (χ4n) is 3.66. The molecule has 6 heteroatoms. The number of nitrogens with zero attached hydrogens (tertiary/aromatic N) is 1. The van der Waals surface area contributed by atoms with E-state index >= 15 is 0 Å². The molecule has 158 valence electrons. The summed E-state index contributed by atoms with van der Waals surface area (Å²) >= 11 is 0. The quantitative estimate of drug-likeness (QED) is 0.459. The maximum Gasteiger partial charge on any atom is 0.255 e. The van der Waals surface area contributed by atoms with Crippen molar-refractivity contribution in [3.8, 4) is 11.5 Å². The van der Waals surface area contributed by atoms with Crippen LogP contribution in [0.5, 0.6) is 11.5 Å². The van der Waals surface area contributed by atoms with Gasteiger partial charge in [0.1, 0.15) is 18.1 Å². The molecule has 3 rings (SSSR count). The van der Waals surface area contributed by atoms with Gasteiger partial charge in [0.25, 0.3) is 5.91 Å². The Balaban J connectivity index is 1.79. The number of hydrogen-bond acceptors (Lipinski definition) is 5. The molecule has 0 spiro atoms.